The van der Waals surface area contributed by atoms with Crippen molar-refractivity contribution in [3.63, 3.8) is 0 Å². The molecular weight excluding hydrogens is 253 g/mol. The Bertz CT molecular complexity index is 353. The number of benzene rings is 1. The van der Waals surface area contributed by atoms with Gasteiger partial charge >= 0.3 is 0 Å². The normalized spacial score (nSPS) is 14.2. The summed E-state index contributed by atoms with van der Waals surface area (Å²) in [6.45, 7) is 5.96. The Balaban J connectivity index is 2.55. The van der Waals surface area contributed by atoms with Crippen molar-refractivity contribution in [1.29, 1.82) is 0 Å². The molecule has 0 aromatic heterocycles. The van der Waals surface area contributed by atoms with Crippen LogP contribution < -0.4 is 5.32 Å². The molecule has 2 unspecified atom stereocenters. The van der Waals surface area contributed by atoms with Gasteiger partial charge < -0.3 is 10.1 Å². The van der Waals surface area contributed by atoms with Crippen LogP contribution >= 0.6 is 0 Å². The Morgan fingerprint density at radius 2 is 1.90 bits per heavy atom. The Labute approximate surface area is 122 Å². The molecular formula is C17H28FNO. The number of likely N-dealkylation sites (N-methyl/N-ethyl adjacent to an activating group) is 1. The van der Waals surface area contributed by atoms with Crippen LogP contribution in [0.3, 0.4) is 0 Å². The van der Waals surface area contributed by atoms with Crippen molar-refractivity contribution in [1.82, 2.24) is 5.32 Å². The van der Waals surface area contributed by atoms with E-state index in [4.69, 9.17) is 4.74 Å². The first-order chi connectivity index (χ1) is 9.71. The maximum absolute atomic E-state index is 13.0. The van der Waals surface area contributed by atoms with E-state index in [1.54, 1.807) is 0 Å². The van der Waals surface area contributed by atoms with Gasteiger partial charge in [0.25, 0.3) is 0 Å². The van der Waals surface area contributed by atoms with Gasteiger partial charge in [-0.1, -0.05) is 45.2 Å². The topological polar surface area (TPSA) is 21.3 Å². The predicted octanol–water partition coefficient (Wildman–Crippen LogP) is 4.32. The van der Waals surface area contributed by atoms with Crippen LogP contribution in [0.2, 0.25) is 0 Å². The van der Waals surface area contributed by atoms with Crippen LogP contribution in [0.25, 0.3) is 0 Å². The van der Waals surface area contributed by atoms with Crippen LogP contribution in [0, 0.1) is 11.7 Å². The van der Waals surface area contributed by atoms with Crippen LogP contribution in [-0.2, 0) is 4.74 Å². The van der Waals surface area contributed by atoms with Gasteiger partial charge in [-0.15, -0.1) is 0 Å². The second-order valence-corrected chi connectivity index (χ2v) is 5.35. The summed E-state index contributed by atoms with van der Waals surface area (Å²) in [5.41, 5.74) is 1.03. The van der Waals surface area contributed by atoms with Crippen molar-refractivity contribution >= 4 is 0 Å². The molecule has 0 heterocycles. The van der Waals surface area contributed by atoms with E-state index in [0.717, 1.165) is 25.1 Å². The molecule has 0 aliphatic rings. The predicted molar refractivity (Wildman–Crippen MR) is 82.3 cm³/mol. The molecule has 0 saturated carbocycles. The third-order valence-corrected chi connectivity index (χ3v) is 3.71. The Hall–Kier alpha value is -0.930. The summed E-state index contributed by atoms with van der Waals surface area (Å²) in [6, 6.07) is 6.61. The highest BCUT2D eigenvalue weighted by atomic mass is 19.1. The zero-order valence-electron chi connectivity index (χ0n) is 13.0. The average Bonchev–Trinajstić information content (AvgIpc) is 2.47. The molecule has 0 fully saturated rings. The summed E-state index contributed by atoms with van der Waals surface area (Å²) >= 11 is 0. The van der Waals surface area contributed by atoms with Crippen LogP contribution in [0.1, 0.15) is 51.2 Å². The highest BCUT2D eigenvalue weighted by molar-refractivity contribution is 5.19. The van der Waals surface area contributed by atoms with Crippen molar-refractivity contribution in [2.24, 2.45) is 5.92 Å². The van der Waals surface area contributed by atoms with E-state index in [-0.39, 0.29) is 11.9 Å². The van der Waals surface area contributed by atoms with Gasteiger partial charge in [0.2, 0.25) is 0 Å². The fraction of sp³-hybridized carbons (Fsp3) is 0.647. The van der Waals surface area contributed by atoms with Crippen molar-refractivity contribution in [2.75, 3.05) is 20.2 Å². The van der Waals surface area contributed by atoms with Crippen LogP contribution in [0.4, 0.5) is 4.39 Å². The molecule has 20 heavy (non-hydrogen) atoms. The SMILES string of the molecule is CCCCC(CC)COC(CNC)c1ccc(F)cc1. The monoisotopic (exact) mass is 281 g/mol. The molecule has 0 radical (unpaired) electrons. The molecule has 2 atom stereocenters. The highest BCUT2D eigenvalue weighted by Gasteiger charge is 2.14. The fourth-order valence-corrected chi connectivity index (χ4v) is 2.29. The number of halogens is 1. The minimum atomic E-state index is -0.202. The molecule has 2 nitrogen and oxygen atoms in total. The Kier molecular flexibility index (Phi) is 8.47. The number of unbranched alkanes of at least 4 members (excludes halogenated alkanes) is 1. The lowest BCUT2D eigenvalue weighted by molar-refractivity contribution is 0.0260. The van der Waals surface area contributed by atoms with Crippen molar-refractivity contribution < 1.29 is 9.13 Å². The van der Waals surface area contributed by atoms with E-state index in [1.807, 2.05) is 19.2 Å². The molecule has 0 spiro atoms. The summed E-state index contributed by atoms with van der Waals surface area (Å²) in [4.78, 5) is 0. The summed E-state index contributed by atoms with van der Waals surface area (Å²) in [7, 11) is 1.91. The zero-order valence-corrected chi connectivity index (χ0v) is 13.0. The largest absolute Gasteiger partial charge is 0.372 e. The number of hydrogen-bond acceptors (Lipinski definition) is 2. The fourth-order valence-electron chi connectivity index (χ4n) is 2.29. The van der Waals surface area contributed by atoms with Gasteiger partial charge in [-0.3, -0.25) is 0 Å². The zero-order chi connectivity index (χ0) is 14.8. The Morgan fingerprint density at radius 1 is 1.20 bits per heavy atom. The number of ether oxygens (including phenoxy) is 1. The molecule has 0 bridgehead atoms. The maximum Gasteiger partial charge on any atom is 0.123 e. The number of hydrogen-bond donors (Lipinski definition) is 1. The molecule has 0 aliphatic carbocycles. The van der Waals surface area contributed by atoms with Gasteiger partial charge in [-0.2, -0.15) is 0 Å². The van der Waals surface area contributed by atoms with Gasteiger partial charge in [0.15, 0.2) is 0 Å². The second kappa shape index (κ2) is 9.89. The van der Waals surface area contributed by atoms with Crippen molar-refractivity contribution in [3.8, 4) is 0 Å². The number of nitrogens with one attached hydrogen (secondary N) is 1. The van der Waals surface area contributed by atoms with E-state index in [0.29, 0.717) is 5.92 Å². The minimum Gasteiger partial charge on any atom is -0.372 e. The van der Waals surface area contributed by atoms with Crippen LogP contribution in [0.5, 0.6) is 0 Å². The second-order valence-electron chi connectivity index (χ2n) is 5.35. The standard InChI is InChI=1S/C17H28FNO/c1-4-6-7-14(5-2)13-20-17(12-19-3)15-8-10-16(18)11-9-15/h8-11,14,17,19H,4-7,12-13H2,1-3H3. The van der Waals surface area contributed by atoms with Gasteiger partial charge in [0.1, 0.15) is 5.82 Å². The maximum atomic E-state index is 13.0. The van der Waals surface area contributed by atoms with Gasteiger partial charge in [0.05, 0.1) is 12.7 Å². The first-order valence-corrected chi connectivity index (χ1v) is 7.72. The van der Waals surface area contributed by atoms with Crippen molar-refractivity contribution in [3.05, 3.63) is 35.6 Å². The molecule has 114 valence electrons. The minimum absolute atomic E-state index is 0.00345. The quantitative estimate of drug-likeness (QED) is 0.689. The van der Waals surface area contributed by atoms with E-state index >= 15 is 0 Å². The first kappa shape index (κ1) is 17.1. The van der Waals surface area contributed by atoms with Crippen LogP contribution in [0.15, 0.2) is 24.3 Å². The highest BCUT2D eigenvalue weighted by Crippen LogP contribution is 2.21. The lowest BCUT2D eigenvalue weighted by atomic mass is 10.0. The molecule has 1 aromatic rings. The summed E-state index contributed by atoms with van der Waals surface area (Å²) in [5.74, 6) is 0.418. The smallest absolute Gasteiger partial charge is 0.123 e. The van der Waals surface area contributed by atoms with Gasteiger partial charge in [0, 0.05) is 6.54 Å². The third-order valence-electron chi connectivity index (χ3n) is 3.71. The summed E-state index contributed by atoms with van der Waals surface area (Å²) in [6.07, 6.45) is 4.86. The molecule has 1 rings (SSSR count). The Morgan fingerprint density at radius 3 is 2.45 bits per heavy atom. The molecule has 1 aromatic carbocycles. The van der Waals surface area contributed by atoms with Crippen molar-refractivity contribution in [2.45, 2.75) is 45.6 Å². The van der Waals surface area contributed by atoms with E-state index in [2.05, 4.69) is 19.2 Å². The number of rotatable bonds is 10. The van der Waals surface area contributed by atoms with E-state index < -0.39 is 0 Å². The lowest BCUT2D eigenvalue weighted by Gasteiger charge is -2.22. The van der Waals surface area contributed by atoms with E-state index in [9.17, 15) is 4.39 Å². The lowest BCUT2D eigenvalue weighted by Crippen LogP contribution is -2.22. The van der Waals surface area contributed by atoms with E-state index in [1.165, 1.54) is 31.4 Å². The molecule has 0 aliphatic heterocycles. The average molecular weight is 281 g/mol. The molecule has 3 heteroatoms. The summed E-state index contributed by atoms with van der Waals surface area (Å²) < 4.78 is 19.1. The molecule has 1 N–H and O–H groups in total. The third kappa shape index (κ3) is 6.02. The van der Waals surface area contributed by atoms with Crippen LogP contribution in [-0.4, -0.2) is 20.2 Å². The molecule has 0 amide bonds. The van der Waals surface area contributed by atoms with Gasteiger partial charge in [-0.25, -0.2) is 4.39 Å². The first-order valence-electron chi connectivity index (χ1n) is 7.72. The summed E-state index contributed by atoms with van der Waals surface area (Å²) in [5, 5.41) is 3.15. The van der Waals surface area contributed by atoms with Gasteiger partial charge in [-0.05, 0) is 37.1 Å². The molecule has 0 saturated heterocycles.